The van der Waals surface area contributed by atoms with E-state index in [9.17, 15) is 14.4 Å². The minimum atomic E-state index is -0.284. The smallest absolute Gasteiger partial charge is 0.271 e. The molecule has 4 rings (SSSR count). The van der Waals surface area contributed by atoms with Crippen LogP contribution in [0.15, 0.2) is 27.8 Å². The lowest BCUT2D eigenvalue weighted by molar-refractivity contribution is 0.0902. The van der Waals surface area contributed by atoms with Gasteiger partial charge in [-0.2, -0.15) is 10.2 Å². The van der Waals surface area contributed by atoms with E-state index in [1.807, 2.05) is 0 Å². The Bertz CT molecular complexity index is 1060. The predicted octanol–water partition coefficient (Wildman–Crippen LogP) is 0.500. The Hall–Kier alpha value is -2.81. The minimum Gasteiger partial charge on any atom is -0.349 e. The molecule has 9 nitrogen and oxygen atoms in total. The number of hydrogen-bond acceptors (Lipinski definition) is 6. The fourth-order valence-corrected chi connectivity index (χ4v) is 4.49. The van der Waals surface area contributed by atoms with Crippen LogP contribution in [0.3, 0.4) is 0 Å². The number of hydrogen-bond donors (Lipinski definition) is 1. The maximum atomic E-state index is 12.5. The summed E-state index contributed by atoms with van der Waals surface area (Å²) in [5, 5.41) is 11.6. The first-order chi connectivity index (χ1) is 15.0. The summed E-state index contributed by atoms with van der Waals surface area (Å²) in [6.07, 6.45) is 7.40. The maximum Gasteiger partial charge on any atom is 0.271 e. The monoisotopic (exact) mass is 426 g/mol. The van der Waals surface area contributed by atoms with Crippen molar-refractivity contribution in [3.8, 4) is 0 Å². The molecule has 0 aromatic carbocycles. The van der Waals surface area contributed by atoms with E-state index in [1.54, 1.807) is 10.7 Å². The first-order valence-electron chi connectivity index (χ1n) is 11.2. The van der Waals surface area contributed by atoms with Gasteiger partial charge in [0.25, 0.3) is 17.0 Å². The average Bonchev–Trinajstić information content (AvgIpc) is 2.78. The third kappa shape index (κ3) is 5.10. The van der Waals surface area contributed by atoms with Crippen molar-refractivity contribution in [3.05, 3.63) is 55.9 Å². The molecule has 1 fully saturated rings. The number of carbonyl (C=O) groups excluding carboxylic acids is 1. The Balaban J connectivity index is 1.36. The lowest BCUT2D eigenvalue weighted by Gasteiger charge is -2.35. The molecule has 1 atom stereocenters. The first kappa shape index (κ1) is 21.4. The quantitative estimate of drug-likeness (QED) is 0.722. The molecule has 2 aromatic rings. The molecule has 0 radical (unpaired) electrons. The number of aryl methyl sites for hydroxylation is 3. The van der Waals surface area contributed by atoms with Gasteiger partial charge in [-0.25, -0.2) is 9.36 Å². The fraction of sp³-hybridized carbons (Fsp3) is 0.591. The van der Waals surface area contributed by atoms with Gasteiger partial charge in [0, 0.05) is 38.3 Å². The summed E-state index contributed by atoms with van der Waals surface area (Å²) in [6.45, 7) is 2.73. The fourth-order valence-electron chi connectivity index (χ4n) is 4.49. The normalized spacial score (nSPS) is 19.1. The Morgan fingerprint density at radius 2 is 1.90 bits per heavy atom. The number of amides is 1. The highest BCUT2D eigenvalue weighted by atomic mass is 16.2. The number of piperidine rings is 1. The van der Waals surface area contributed by atoms with Crippen molar-refractivity contribution in [2.75, 3.05) is 19.6 Å². The van der Waals surface area contributed by atoms with Gasteiger partial charge in [-0.05, 0) is 56.7 Å². The Morgan fingerprint density at radius 3 is 2.74 bits per heavy atom. The van der Waals surface area contributed by atoms with Crippen molar-refractivity contribution < 1.29 is 4.79 Å². The lowest BCUT2D eigenvalue weighted by Crippen LogP contribution is -2.48. The Labute approximate surface area is 181 Å². The van der Waals surface area contributed by atoms with Crippen LogP contribution in [0.4, 0.5) is 0 Å². The molecule has 1 saturated heterocycles. The van der Waals surface area contributed by atoms with E-state index in [2.05, 4.69) is 20.4 Å². The van der Waals surface area contributed by atoms with Gasteiger partial charge in [0.15, 0.2) is 0 Å². The number of nitrogens with zero attached hydrogens (tertiary/aromatic N) is 5. The number of aromatic nitrogens is 4. The summed E-state index contributed by atoms with van der Waals surface area (Å²) < 4.78 is 2.76. The predicted molar refractivity (Wildman–Crippen MR) is 116 cm³/mol. The van der Waals surface area contributed by atoms with Crippen molar-refractivity contribution in [2.24, 2.45) is 7.05 Å². The molecule has 0 saturated carbocycles. The van der Waals surface area contributed by atoms with Gasteiger partial charge in [-0.15, -0.1) is 0 Å². The van der Waals surface area contributed by atoms with Crippen molar-refractivity contribution >= 4 is 5.91 Å². The average molecular weight is 427 g/mol. The van der Waals surface area contributed by atoms with Crippen molar-refractivity contribution in [1.29, 1.82) is 0 Å². The summed E-state index contributed by atoms with van der Waals surface area (Å²) in [4.78, 5) is 38.7. The zero-order valence-corrected chi connectivity index (χ0v) is 18.0. The van der Waals surface area contributed by atoms with Crippen molar-refractivity contribution in [1.82, 2.24) is 29.8 Å². The molecule has 9 heteroatoms. The van der Waals surface area contributed by atoms with Crippen LogP contribution in [-0.2, 0) is 26.4 Å². The van der Waals surface area contributed by atoms with E-state index in [0.29, 0.717) is 13.1 Å². The summed E-state index contributed by atoms with van der Waals surface area (Å²) in [6, 6.07) is 4.76. The number of carbonyl (C=O) groups is 1. The molecule has 0 bridgehead atoms. The second-order valence-electron chi connectivity index (χ2n) is 8.46. The largest absolute Gasteiger partial charge is 0.349 e. The Kier molecular flexibility index (Phi) is 6.60. The molecule has 1 unspecified atom stereocenters. The maximum absolute atomic E-state index is 12.5. The summed E-state index contributed by atoms with van der Waals surface area (Å²) in [7, 11) is 1.53. The van der Waals surface area contributed by atoms with E-state index in [1.165, 1.54) is 19.2 Å². The van der Waals surface area contributed by atoms with E-state index < -0.39 is 0 Å². The molecule has 2 aromatic heterocycles. The van der Waals surface area contributed by atoms with E-state index in [4.69, 9.17) is 0 Å². The van der Waals surface area contributed by atoms with Gasteiger partial charge < -0.3 is 5.32 Å². The van der Waals surface area contributed by atoms with Crippen LogP contribution in [0.5, 0.6) is 0 Å². The summed E-state index contributed by atoms with van der Waals surface area (Å²) in [5.74, 6) is -0.284. The van der Waals surface area contributed by atoms with Gasteiger partial charge >= 0.3 is 0 Å². The van der Waals surface area contributed by atoms with Gasteiger partial charge in [0.2, 0.25) is 0 Å². The van der Waals surface area contributed by atoms with Crippen LogP contribution in [0.1, 0.15) is 53.8 Å². The van der Waals surface area contributed by atoms with Crippen LogP contribution in [0.2, 0.25) is 0 Å². The molecule has 3 heterocycles. The Morgan fingerprint density at radius 1 is 1.06 bits per heavy atom. The third-order valence-electron chi connectivity index (χ3n) is 6.31. The van der Waals surface area contributed by atoms with E-state index in [-0.39, 0.29) is 28.8 Å². The summed E-state index contributed by atoms with van der Waals surface area (Å²) in [5.41, 5.74) is 2.13. The van der Waals surface area contributed by atoms with E-state index >= 15 is 0 Å². The molecule has 1 N–H and O–H groups in total. The molecule has 1 aliphatic heterocycles. The van der Waals surface area contributed by atoms with E-state index in [0.717, 1.165) is 74.0 Å². The topological polar surface area (TPSA) is 102 Å². The third-order valence-corrected chi connectivity index (χ3v) is 6.31. The molecule has 2 aliphatic rings. The van der Waals surface area contributed by atoms with Crippen LogP contribution >= 0.6 is 0 Å². The molecule has 1 amide bonds. The van der Waals surface area contributed by atoms with Crippen molar-refractivity contribution in [3.63, 3.8) is 0 Å². The van der Waals surface area contributed by atoms with Gasteiger partial charge in [0.1, 0.15) is 5.69 Å². The van der Waals surface area contributed by atoms with Gasteiger partial charge in [-0.1, -0.05) is 6.42 Å². The van der Waals surface area contributed by atoms with Crippen LogP contribution in [0, 0.1) is 0 Å². The molecule has 0 spiro atoms. The standard InChI is InChI=1S/C22H30N6O3/c1-26-20(29)10-9-19(24-26)22(31)23-15-17-7-4-5-11-27(17)12-13-28-21(30)14-16-6-2-3-8-18(16)25-28/h9-10,14,17H,2-8,11-13,15H2,1H3,(H,23,31). The second kappa shape index (κ2) is 9.55. The summed E-state index contributed by atoms with van der Waals surface area (Å²) >= 11 is 0. The number of likely N-dealkylation sites (tertiary alicyclic amines) is 1. The van der Waals surface area contributed by atoms with Crippen LogP contribution in [-0.4, -0.2) is 56.0 Å². The molecule has 1 aliphatic carbocycles. The highest BCUT2D eigenvalue weighted by molar-refractivity contribution is 5.92. The van der Waals surface area contributed by atoms with Crippen molar-refractivity contribution in [2.45, 2.75) is 57.5 Å². The first-order valence-corrected chi connectivity index (χ1v) is 11.2. The van der Waals surface area contributed by atoms with Crippen LogP contribution < -0.4 is 16.4 Å². The molecule has 166 valence electrons. The number of rotatable bonds is 6. The minimum absolute atomic E-state index is 0.0247. The van der Waals surface area contributed by atoms with Gasteiger partial charge in [0.05, 0.1) is 12.2 Å². The molecular weight excluding hydrogens is 396 g/mol. The zero-order chi connectivity index (χ0) is 21.8. The molecule has 31 heavy (non-hydrogen) atoms. The highest BCUT2D eigenvalue weighted by Gasteiger charge is 2.23. The van der Waals surface area contributed by atoms with Gasteiger partial charge in [-0.3, -0.25) is 19.3 Å². The SMILES string of the molecule is Cn1nc(C(=O)NCC2CCCCN2CCn2nc3c(cc2=O)CCCC3)ccc1=O. The number of fused-ring (bicyclic) bond motifs is 1. The molecular formula is C22H30N6O3. The highest BCUT2D eigenvalue weighted by Crippen LogP contribution is 2.18. The zero-order valence-electron chi connectivity index (χ0n) is 18.0. The second-order valence-corrected chi connectivity index (χ2v) is 8.46. The van der Waals surface area contributed by atoms with Crippen LogP contribution in [0.25, 0.3) is 0 Å². The number of nitrogens with one attached hydrogen (secondary N) is 1. The lowest BCUT2D eigenvalue weighted by atomic mass is 9.97.